The first-order valence-corrected chi connectivity index (χ1v) is 6.16. The molecule has 0 aliphatic carbocycles. The molecule has 8 heteroatoms. The van der Waals surface area contributed by atoms with Gasteiger partial charge in [0, 0.05) is 11.7 Å². The summed E-state index contributed by atoms with van der Waals surface area (Å²) < 4.78 is 0. The molecule has 0 fully saturated rings. The van der Waals surface area contributed by atoms with Crippen molar-refractivity contribution in [1.29, 1.82) is 0 Å². The van der Waals surface area contributed by atoms with Crippen LogP contribution in [-0.4, -0.2) is 48.9 Å². The number of para-hydroxylation sites is 1. The number of carbonyl (C=O) groups is 3. The summed E-state index contributed by atoms with van der Waals surface area (Å²) in [6, 6.07) is 10.3. The number of aromatic amines is 1. The Kier molecular flexibility index (Phi) is 5.65. The molecule has 2 aromatic rings. The summed E-state index contributed by atoms with van der Waals surface area (Å²) in [6.45, 7) is 0. The maximum absolute atomic E-state index is 10.3. The van der Waals surface area contributed by atoms with E-state index >= 15 is 0 Å². The first-order chi connectivity index (χ1) is 10.2. The number of benzene rings is 1. The number of carboxylic acids is 3. The minimum Gasteiger partial charge on any atom is -0.481 e. The van der Waals surface area contributed by atoms with E-state index in [1.54, 1.807) is 0 Å². The Labute approximate surface area is 124 Å². The number of rotatable bonds is 5. The lowest BCUT2D eigenvalue weighted by molar-refractivity contribution is -0.170. The molecule has 0 atom stereocenters. The number of aliphatic carboxylic acids is 3. The molecule has 8 nitrogen and oxygen atoms in total. The molecule has 0 saturated heterocycles. The van der Waals surface area contributed by atoms with Crippen LogP contribution in [0.5, 0.6) is 0 Å². The molecule has 1 heterocycles. The highest BCUT2D eigenvalue weighted by atomic mass is 16.4. The Morgan fingerprint density at radius 3 is 1.95 bits per heavy atom. The zero-order valence-electron chi connectivity index (χ0n) is 11.4. The highest BCUT2D eigenvalue weighted by Crippen LogP contribution is 2.15. The minimum absolute atomic E-state index is 1.14. The Morgan fingerprint density at radius 1 is 0.955 bits per heavy atom. The van der Waals surface area contributed by atoms with E-state index in [1.807, 2.05) is 18.3 Å². The van der Waals surface area contributed by atoms with Crippen molar-refractivity contribution >= 4 is 28.8 Å². The fourth-order valence-corrected chi connectivity index (χ4v) is 1.71. The van der Waals surface area contributed by atoms with Crippen molar-refractivity contribution in [2.75, 3.05) is 0 Å². The van der Waals surface area contributed by atoms with Crippen LogP contribution in [0.2, 0.25) is 0 Å². The largest absolute Gasteiger partial charge is 0.481 e. The monoisotopic (exact) mass is 309 g/mol. The van der Waals surface area contributed by atoms with Crippen molar-refractivity contribution in [3.05, 3.63) is 36.5 Å². The molecule has 0 bridgehead atoms. The van der Waals surface area contributed by atoms with Gasteiger partial charge in [0.2, 0.25) is 0 Å². The van der Waals surface area contributed by atoms with E-state index in [0.29, 0.717) is 0 Å². The quantitative estimate of drug-likeness (QED) is 0.551. The summed E-state index contributed by atoms with van der Waals surface area (Å²) >= 11 is 0. The van der Waals surface area contributed by atoms with Crippen molar-refractivity contribution in [2.24, 2.45) is 0 Å². The summed E-state index contributed by atoms with van der Waals surface area (Å²) in [7, 11) is 0. The summed E-state index contributed by atoms with van der Waals surface area (Å²) in [5, 5.41) is 35.1. The zero-order chi connectivity index (χ0) is 16.8. The standard InChI is InChI=1S/C8H7N.C6H8O7/c1-2-4-8-7(3-1)5-6-9-8;7-3(8)1-6(13,5(11)12)2-4(9)10/h1-6,9H;13H,1-2H2,(H,7,8)(H,9,10)(H,11,12). The molecule has 2 rings (SSSR count). The van der Waals surface area contributed by atoms with Gasteiger partial charge in [-0.25, -0.2) is 4.79 Å². The zero-order valence-corrected chi connectivity index (χ0v) is 11.4. The van der Waals surface area contributed by atoms with Gasteiger partial charge in [-0.2, -0.15) is 0 Å². The van der Waals surface area contributed by atoms with Gasteiger partial charge in [-0.15, -0.1) is 0 Å². The van der Waals surface area contributed by atoms with Gasteiger partial charge in [0.05, 0.1) is 12.8 Å². The highest BCUT2D eigenvalue weighted by molar-refractivity contribution is 5.88. The topological polar surface area (TPSA) is 148 Å². The van der Waals surface area contributed by atoms with Gasteiger partial charge >= 0.3 is 17.9 Å². The predicted octanol–water partition coefficient (Wildman–Crippen LogP) is 0.919. The van der Waals surface area contributed by atoms with Gasteiger partial charge in [0.15, 0.2) is 5.60 Å². The van der Waals surface area contributed by atoms with Crippen LogP contribution in [0.1, 0.15) is 12.8 Å². The highest BCUT2D eigenvalue weighted by Gasteiger charge is 2.40. The summed E-state index contributed by atoms with van der Waals surface area (Å²) in [5.41, 5.74) is -1.53. The molecule has 0 spiro atoms. The fraction of sp³-hybridized carbons (Fsp3) is 0.214. The van der Waals surface area contributed by atoms with E-state index in [4.69, 9.17) is 20.4 Å². The summed E-state index contributed by atoms with van der Waals surface area (Å²) in [4.78, 5) is 33.6. The van der Waals surface area contributed by atoms with Crippen LogP contribution in [0.4, 0.5) is 0 Å². The Balaban J connectivity index is 0.000000231. The molecule has 1 aromatic carbocycles. The van der Waals surface area contributed by atoms with Crippen LogP contribution >= 0.6 is 0 Å². The SMILES string of the molecule is O=C(O)CC(O)(CC(=O)O)C(=O)O.c1ccc2[nH]ccc2c1. The molecular weight excluding hydrogens is 294 g/mol. The van der Waals surface area contributed by atoms with Gasteiger partial charge in [-0.1, -0.05) is 18.2 Å². The van der Waals surface area contributed by atoms with E-state index in [-0.39, 0.29) is 0 Å². The van der Waals surface area contributed by atoms with Crippen LogP contribution in [-0.2, 0) is 14.4 Å². The van der Waals surface area contributed by atoms with Crippen LogP contribution < -0.4 is 0 Å². The number of aromatic nitrogens is 1. The number of hydrogen-bond acceptors (Lipinski definition) is 4. The first kappa shape index (κ1) is 17.2. The molecule has 0 saturated carbocycles. The molecule has 0 radical (unpaired) electrons. The number of hydrogen-bond donors (Lipinski definition) is 5. The number of aliphatic hydroxyl groups is 1. The van der Waals surface area contributed by atoms with Crippen LogP contribution in [0.25, 0.3) is 10.9 Å². The Morgan fingerprint density at radius 2 is 1.50 bits per heavy atom. The van der Waals surface area contributed by atoms with E-state index < -0.39 is 36.4 Å². The molecule has 0 aliphatic heterocycles. The minimum atomic E-state index is -2.74. The molecule has 0 aliphatic rings. The Bertz CT molecular complexity index is 630. The molecular formula is C14H15NO7. The first-order valence-electron chi connectivity index (χ1n) is 6.16. The molecule has 118 valence electrons. The third-order valence-corrected chi connectivity index (χ3v) is 2.75. The van der Waals surface area contributed by atoms with Gasteiger partial charge in [0.25, 0.3) is 0 Å². The maximum Gasteiger partial charge on any atom is 0.336 e. The molecule has 0 amide bonds. The third-order valence-electron chi connectivity index (χ3n) is 2.75. The van der Waals surface area contributed by atoms with Gasteiger partial charge in [-0.05, 0) is 17.5 Å². The van der Waals surface area contributed by atoms with E-state index in [9.17, 15) is 14.4 Å². The van der Waals surface area contributed by atoms with Crippen molar-refractivity contribution < 1.29 is 34.8 Å². The molecule has 5 N–H and O–H groups in total. The van der Waals surface area contributed by atoms with E-state index in [0.717, 1.165) is 0 Å². The maximum atomic E-state index is 10.3. The second-order valence-electron chi connectivity index (χ2n) is 4.54. The number of fused-ring (bicyclic) bond motifs is 1. The van der Waals surface area contributed by atoms with E-state index in [1.165, 1.54) is 10.9 Å². The van der Waals surface area contributed by atoms with Crippen molar-refractivity contribution in [3.63, 3.8) is 0 Å². The van der Waals surface area contributed by atoms with Crippen molar-refractivity contribution in [2.45, 2.75) is 18.4 Å². The molecule has 0 unspecified atom stereocenters. The van der Waals surface area contributed by atoms with Crippen LogP contribution in [0, 0.1) is 0 Å². The van der Waals surface area contributed by atoms with E-state index in [2.05, 4.69) is 23.2 Å². The predicted molar refractivity (Wildman–Crippen MR) is 75.4 cm³/mol. The lowest BCUT2D eigenvalue weighted by Crippen LogP contribution is -2.42. The van der Waals surface area contributed by atoms with Crippen LogP contribution in [0.3, 0.4) is 0 Å². The summed E-state index contributed by atoms with van der Waals surface area (Å²) in [6.07, 6.45) is -0.339. The smallest absolute Gasteiger partial charge is 0.336 e. The third kappa shape index (κ3) is 4.91. The van der Waals surface area contributed by atoms with Crippen LogP contribution in [0.15, 0.2) is 36.5 Å². The fourth-order valence-electron chi connectivity index (χ4n) is 1.71. The number of carboxylic acid groups (broad SMARTS) is 3. The van der Waals surface area contributed by atoms with Gasteiger partial charge in [-0.3, -0.25) is 9.59 Å². The molecule has 22 heavy (non-hydrogen) atoms. The second-order valence-corrected chi connectivity index (χ2v) is 4.54. The summed E-state index contributed by atoms with van der Waals surface area (Å²) in [5.74, 6) is -5.02. The molecule has 1 aromatic heterocycles. The average molecular weight is 309 g/mol. The van der Waals surface area contributed by atoms with Crippen molar-refractivity contribution in [3.8, 4) is 0 Å². The van der Waals surface area contributed by atoms with Gasteiger partial charge < -0.3 is 25.4 Å². The lowest BCUT2D eigenvalue weighted by Gasteiger charge is -2.18. The van der Waals surface area contributed by atoms with Crippen molar-refractivity contribution in [1.82, 2.24) is 4.98 Å². The number of H-pyrrole nitrogens is 1. The second kappa shape index (κ2) is 7.23. The average Bonchev–Trinajstić information content (AvgIpc) is 2.85. The van der Waals surface area contributed by atoms with Gasteiger partial charge in [0.1, 0.15) is 0 Å². The number of nitrogens with one attached hydrogen (secondary N) is 1. The lowest BCUT2D eigenvalue weighted by atomic mass is 9.96. The normalized spacial score (nSPS) is 10.6. The Hall–Kier alpha value is -2.87.